The molecule has 4 rings (SSSR count). The SMILES string of the molecule is Cc1ccc(NS(=O)(=O)c2c(C)nc3sc4ccccc4n3c2=O)c(Cl)c1. The van der Waals surface area contributed by atoms with E-state index in [0.717, 1.165) is 10.3 Å². The van der Waals surface area contributed by atoms with Gasteiger partial charge in [-0.1, -0.05) is 41.1 Å². The number of sulfonamides is 1. The van der Waals surface area contributed by atoms with Crippen LogP contribution in [-0.2, 0) is 10.0 Å². The number of anilines is 1. The first-order valence-corrected chi connectivity index (χ1v) is 10.7. The van der Waals surface area contributed by atoms with Gasteiger partial charge in [-0.25, -0.2) is 17.8 Å². The van der Waals surface area contributed by atoms with Gasteiger partial charge in [0.2, 0.25) is 0 Å². The minimum absolute atomic E-state index is 0.141. The fraction of sp³-hybridized carbons (Fsp3) is 0.111. The Morgan fingerprint density at radius 2 is 1.89 bits per heavy atom. The fourth-order valence-corrected chi connectivity index (χ4v) is 5.63. The van der Waals surface area contributed by atoms with Gasteiger partial charge in [-0.15, -0.1) is 0 Å². The van der Waals surface area contributed by atoms with Crippen molar-refractivity contribution in [3.63, 3.8) is 0 Å². The lowest BCUT2D eigenvalue weighted by atomic mass is 10.2. The molecule has 4 aromatic rings. The maximum absolute atomic E-state index is 13.1. The predicted molar refractivity (Wildman–Crippen MR) is 109 cm³/mol. The minimum atomic E-state index is -4.17. The lowest BCUT2D eigenvalue weighted by Gasteiger charge is -2.11. The van der Waals surface area contributed by atoms with Gasteiger partial charge in [0.25, 0.3) is 15.6 Å². The van der Waals surface area contributed by atoms with Gasteiger partial charge in [-0.05, 0) is 43.7 Å². The highest BCUT2D eigenvalue weighted by atomic mass is 35.5. The van der Waals surface area contributed by atoms with E-state index >= 15 is 0 Å². The zero-order chi connectivity index (χ0) is 19.3. The molecule has 0 spiro atoms. The molecule has 0 fully saturated rings. The summed E-state index contributed by atoms with van der Waals surface area (Å²) in [6.45, 7) is 3.36. The smallest absolute Gasteiger partial charge is 0.278 e. The van der Waals surface area contributed by atoms with E-state index in [0.29, 0.717) is 10.5 Å². The fourth-order valence-electron chi connectivity index (χ4n) is 2.90. The molecule has 0 bridgehead atoms. The summed E-state index contributed by atoms with van der Waals surface area (Å²) in [6, 6.07) is 12.2. The van der Waals surface area contributed by atoms with E-state index in [2.05, 4.69) is 9.71 Å². The second-order valence-corrected chi connectivity index (χ2v) is 9.14. The van der Waals surface area contributed by atoms with Crippen LogP contribution in [0.4, 0.5) is 5.69 Å². The van der Waals surface area contributed by atoms with Crippen LogP contribution in [0.15, 0.2) is 52.2 Å². The third-order valence-corrected chi connectivity index (χ3v) is 6.96. The quantitative estimate of drug-likeness (QED) is 0.544. The van der Waals surface area contributed by atoms with Crippen molar-refractivity contribution in [1.29, 1.82) is 0 Å². The zero-order valence-corrected chi connectivity index (χ0v) is 16.7. The molecule has 27 heavy (non-hydrogen) atoms. The molecule has 138 valence electrons. The molecule has 0 aliphatic rings. The summed E-state index contributed by atoms with van der Waals surface area (Å²) in [5.74, 6) is 0. The van der Waals surface area contributed by atoms with Crippen molar-refractivity contribution in [2.75, 3.05) is 4.72 Å². The number of aromatic nitrogens is 2. The molecular formula is C18H14ClN3O3S2. The first-order valence-electron chi connectivity index (χ1n) is 7.98. The van der Waals surface area contributed by atoms with E-state index in [1.54, 1.807) is 30.3 Å². The van der Waals surface area contributed by atoms with Crippen molar-refractivity contribution < 1.29 is 8.42 Å². The highest BCUT2D eigenvalue weighted by Gasteiger charge is 2.26. The number of thiazole rings is 1. The molecule has 2 aromatic carbocycles. The first kappa shape index (κ1) is 18.0. The van der Waals surface area contributed by atoms with Gasteiger partial charge in [-0.3, -0.25) is 9.52 Å². The van der Waals surface area contributed by atoms with Gasteiger partial charge < -0.3 is 0 Å². The molecular weight excluding hydrogens is 406 g/mol. The van der Waals surface area contributed by atoms with Crippen LogP contribution in [0.2, 0.25) is 5.02 Å². The second kappa shape index (κ2) is 6.33. The van der Waals surface area contributed by atoms with E-state index < -0.39 is 15.6 Å². The molecule has 0 saturated carbocycles. The molecule has 1 N–H and O–H groups in total. The summed E-state index contributed by atoms with van der Waals surface area (Å²) in [7, 11) is -4.17. The Labute approximate surface area is 164 Å². The van der Waals surface area contributed by atoms with Gasteiger partial charge >= 0.3 is 0 Å². The number of nitrogens with one attached hydrogen (secondary N) is 1. The summed E-state index contributed by atoms with van der Waals surface area (Å²) in [5, 5.41) is 0.256. The lowest BCUT2D eigenvalue weighted by Crippen LogP contribution is -2.27. The lowest BCUT2D eigenvalue weighted by molar-refractivity contribution is 0.598. The normalized spacial score (nSPS) is 12.0. The molecule has 0 unspecified atom stereocenters. The van der Waals surface area contributed by atoms with E-state index in [1.165, 1.54) is 22.7 Å². The summed E-state index contributed by atoms with van der Waals surface area (Å²) < 4.78 is 30.5. The van der Waals surface area contributed by atoms with E-state index in [9.17, 15) is 13.2 Å². The maximum Gasteiger partial charge on any atom is 0.280 e. The number of aryl methyl sites for hydroxylation is 2. The van der Waals surface area contributed by atoms with Crippen LogP contribution in [0.25, 0.3) is 15.2 Å². The van der Waals surface area contributed by atoms with Crippen molar-refractivity contribution >= 4 is 53.8 Å². The Morgan fingerprint density at radius 1 is 1.15 bits per heavy atom. The average Bonchev–Trinajstić information content (AvgIpc) is 2.95. The standard InChI is InChI=1S/C18H14ClN3O3S2/c1-10-7-8-13(12(19)9-10)21-27(24,25)16-11(2)20-18-22(17(16)23)14-5-3-4-6-15(14)26-18/h3-9,21H,1-2H3. The van der Waals surface area contributed by atoms with Crippen LogP contribution < -0.4 is 10.3 Å². The Kier molecular flexibility index (Phi) is 4.21. The van der Waals surface area contributed by atoms with Crippen LogP contribution in [-0.4, -0.2) is 17.8 Å². The van der Waals surface area contributed by atoms with Gasteiger partial charge in [-0.2, -0.15) is 0 Å². The molecule has 0 amide bonds. The number of hydrogen-bond acceptors (Lipinski definition) is 5. The van der Waals surface area contributed by atoms with Crippen LogP contribution in [0.1, 0.15) is 11.3 Å². The number of rotatable bonds is 3. The Bertz CT molecular complexity index is 1370. The number of hydrogen-bond donors (Lipinski definition) is 1. The van der Waals surface area contributed by atoms with E-state index in [4.69, 9.17) is 11.6 Å². The van der Waals surface area contributed by atoms with Crippen LogP contribution >= 0.6 is 22.9 Å². The Balaban J connectivity index is 1.94. The average molecular weight is 420 g/mol. The number of nitrogens with zero attached hydrogens (tertiary/aromatic N) is 2. The Hall–Kier alpha value is -2.42. The topological polar surface area (TPSA) is 80.5 Å². The highest BCUT2D eigenvalue weighted by molar-refractivity contribution is 7.92. The second-order valence-electron chi connectivity index (χ2n) is 6.11. The zero-order valence-electron chi connectivity index (χ0n) is 14.4. The molecule has 9 heteroatoms. The molecule has 0 saturated heterocycles. The summed E-state index contributed by atoms with van der Waals surface area (Å²) in [5.41, 5.74) is 1.24. The molecule has 0 atom stereocenters. The highest BCUT2D eigenvalue weighted by Crippen LogP contribution is 2.27. The molecule has 0 aliphatic carbocycles. The van der Waals surface area contributed by atoms with Crippen LogP contribution in [0.5, 0.6) is 0 Å². The first-order chi connectivity index (χ1) is 12.8. The monoisotopic (exact) mass is 419 g/mol. The van der Waals surface area contributed by atoms with Crippen molar-refractivity contribution in [3.8, 4) is 0 Å². The largest absolute Gasteiger partial charge is 0.280 e. The van der Waals surface area contributed by atoms with Gasteiger partial charge in [0, 0.05) is 0 Å². The number of para-hydroxylation sites is 1. The van der Waals surface area contributed by atoms with Crippen molar-refractivity contribution in [2.24, 2.45) is 0 Å². The molecule has 2 aromatic heterocycles. The summed E-state index contributed by atoms with van der Waals surface area (Å²) in [6.07, 6.45) is 0. The van der Waals surface area contributed by atoms with E-state index in [1.807, 2.05) is 19.1 Å². The summed E-state index contributed by atoms with van der Waals surface area (Å²) >= 11 is 7.47. The van der Waals surface area contributed by atoms with E-state index in [-0.39, 0.29) is 21.3 Å². The van der Waals surface area contributed by atoms with Gasteiger partial charge in [0.05, 0.1) is 26.6 Å². The maximum atomic E-state index is 13.1. The molecule has 2 heterocycles. The Morgan fingerprint density at radius 3 is 2.63 bits per heavy atom. The van der Waals surface area contributed by atoms with Crippen molar-refractivity contribution in [1.82, 2.24) is 9.38 Å². The number of benzene rings is 2. The third kappa shape index (κ3) is 2.99. The summed E-state index contributed by atoms with van der Waals surface area (Å²) in [4.78, 5) is 17.5. The third-order valence-electron chi connectivity index (χ3n) is 4.13. The van der Waals surface area contributed by atoms with Crippen molar-refractivity contribution in [2.45, 2.75) is 18.7 Å². The molecule has 0 radical (unpaired) electrons. The predicted octanol–water partition coefficient (Wildman–Crippen LogP) is 3.98. The molecule has 0 aliphatic heterocycles. The van der Waals surface area contributed by atoms with Crippen molar-refractivity contribution in [3.05, 3.63) is 69.1 Å². The van der Waals surface area contributed by atoms with Crippen LogP contribution in [0.3, 0.4) is 0 Å². The molecule has 6 nitrogen and oxygen atoms in total. The minimum Gasteiger partial charge on any atom is -0.278 e. The number of fused-ring (bicyclic) bond motifs is 3. The number of halogens is 1. The van der Waals surface area contributed by atoms with Crippen LogP contribution in [0, 0.1) is 13.8 Å². The van der Waals surface area contributed by atoms with Gasteiger partial charge in [0.1, 0.15) is 0 Å². The van der Waals surface area contributed by atoms with Gasteiger partial charge in [0.15, 0.2) is 9.86 Å².